The van der Waals surface area contributed by atoms with Gasteiger partial charge in [0, 0.05) is 43.7 Å². The molecule has 2 fully saturated rings. The molecule has 0 spiro atoms. The van der Waals surface area contributed by atoms with Gasteiger partial charge in [0.1, 0.15) is 0 Å². The Morgan fingerprint density at radius 1 is 1.33 bits per heavy atom. The molecule has 2 saturated heterocycles. The highest BCUT2D eigenvalue weighted by molar-refractivity contribution is 6.33. The van der Waals surface area contributed by atoms with E-state index in [1.165, 1.54) is 19.4 Å². The number of hydrogen-bond donors (Lipinski definition) is 0. The molecule has 2 aliphatic heterocycles. The number of fused-ring (bicyclic) bond motifs is 1. The number of nitrogens with zero attached hydrogens (tertiary/aromatic N) is 2. The van der Waals surface area contributed by atoms with Crippen LogP contribution >= 0.6 is 11.6 Å². The van der Waals surface area contributed by atoms with Crippen LogP contribution in [-0.4, -0.2) is 53.8 Å². The molecule has 114 valence electrons. The normalized spacial score (nSPS) is 26.8. The maximum Gasteiger partial charge on any atom is 0.165 e. The van der Waals surface area contributed by atoms with Crippen LogP contribution in [0.25, 0.3) is 0 Å². The summed E-state index contributed by atoms with van der Waals surface area (Å²) in [4.78, 5) is 17.4. The fourth-order valence-corrected chi connectivity index (χ4v) is 3.87. The molecular formula is C17H23ClN2O. The van der Waals surface area contributed by atoms with Crippen molar-refractivity contribution >= 4 is 17.4 Å². The van der Waals surface area contributed by atoms with Gasteiger partial charge < -0.3 is 0 Å². The minimum Gasteiger partial charge on any atom is -0.298 e. The molecule has 21 heavy (non-hydrogen) atoms. The van der Waals surface area contributed by atoms with E-state index in [0.29, 0.717) is 29.1 Å². The van der Waals surface area contributed by atoms with Gasteiger partial charge in [0.15, 0.2) is 5.78 Å². The third-order valence-electron chi connectivity index (χ3n) is 4.87. The zero-order valence-electron chi connectivity index (χ0n) is 12.6. The smallest absolute Gasteiger partial charge is 0.165 e. The lowest BCUT2D eigenvalue weighted by Gasteiger charge is -2.42. The molecule has 0 aliphatic carbocycles. The summed E-state index contributed by atoms with van der Waals surface area (Å²) in [7, 11) is 0. The molecule has 0 bridgehead atoms. The van der Waals surface area contributed by atoms with E-state index in [9.17, 15) is 4.79 Å². The summed E-state index contributed by atoms with van der Waals surface area (Å²) in [5, 5.41) is 0.566. The summed E-state index contributed by atoms with van der Waals surface area (Å²) in [5.74, 6) is 0.154. The van der Waals surface area contributed by atoms with Gasteiger partial charge in [-0.1, -0.05) is 23.7 Å². The van der Waals surface area contributed by atoms with Crippen LogP contribution in [0.2, 0.25) is 5.02 Å². The highest BCUT2D eigenvalue weighted by atomic mass is 35.5. The van der Waals surface area contributed by atoms with E-state index < -0.39 is 0 Å². The van der Waals surface area contributed by atoms with Crippen molar-refractivity contribution in [3.63, 3.8) is 0 Å². The molecule has 1 aromatic rings. The number of carbonyl (C=O) groups is 1. The summed E-state index contributed by atoms with van der Waals surface area (Å²) >= 11 is 6.10. The molecule has 0 amide bonds. The standard InChI is InChI=1S/C17H23ClN2O/c1-13-11-20-9-4-5-14(20)12-19(13)10-8-17(21)15-6-2-3-7-16(15)18/h2-3,6-7,13-14H,4-5,8-12H2,1H3. The zero-order valence-corrected chi connectivity index (χ0v) is 13.4. The molecule has 0 N–H and O–H groups in total. The third kappa shape index (κ3) is 3.31. The Hall–Kier alpha value is -0.900. The van der Waals surface area contributed by atoms with Crippen LogP contribution in [0.5, 0.6) is 0 Å². The molecule has 3 nitrogen and oxygen atoms in total. The molecule has 0 radical (unpaired) electrons. The monoisotopic (exact) mass is 306 g/mol. The molecule has 4 heteroatoms. The molecule has 2 aliphatic rings. The van der Waals surface area contributed by atoms with E-state index in [2.05, 4.69) is 16.7 Å². The highest BCUT2D eigenvalue weighted by Gasteiger charge is 2.34. The van der Waals surface area contributed by atoms with Gasteiger partial charge in [-0.3, -0.25) is 14.6 Å². The van der Waals surface area contributed by atoms with Crippen LogP contribution < -0.4 is 0 Å². The molecule has 1 aromatic carbocycles. The number of ketones is 1. The molecule has 2 heterocycles. The van der Waals surface area contributed by atoms with Crippen LogP contribution in [-0.2, 0) is 0 Å². The van der Waals surface area contributed by atoms with Crippen LogP contribution in [0.15, 0.2) is 24.3 Å². The van der Waals surface area contributed by atoms with Crippen LogP contribution in [0, 0.1) is 0 Å². The van der Waals surface area contributed by atoms with Gasteiger partial charge in [-0.05, 0) is 38.4 Å². The van der Waals surface area contributed by atoms with Crippen molar-refractivity contribution < 1.29 is 4.79 Å². The first-order valence-corrected chi connectivity index (χ1v) is 8.29. The van der Waals surface area contributed by atoms with Gasteiger partial charge in [-0.2, -0.15) is 0 Å². The van der Waals surface area contributed by atoms with Crippen molar-refractivity contribution in [1.82, 2.24) is 9.80 Å². The summed E-state index contributed by atoms with van der Waals surface area (Å²) in [5.41, 5.74) is 0.659. The number of piperazine rings is 1. The van der Waals surface area contributed by atoms with Crippen LogP contribution in [0.3, 0.4) is 0 Å². The van der Waals surface area contributed by atoms with Crippen molar-refractivity contribution in [2.45, 2.75) is 38.3 Å². The Labute approximate surface area is 131 Å². The van der Waals surface area contributed by atoms with Crippen molar-refractivity contribution in [3.8, 4) is 0 Å². The maximum atomic E-state index is 12.3. The average molecular weight is 307 g/mol. The third-order valence-corrected chi connectivity index (χ3v) is 5.20. The lowest BCUT2D eigenvalue weighted by atomic mass is 10.0. The van der Waals surface area contributed by atoms with E-state index in [1.807, 2.05) is 18.2 Å². The quantitative estimate of drug-likeness (QED) is 0.799. The van der Waals surface area contributed by atoms with Crippen molar-refractivity contribution in [2.24, 2.45) is 0 Å². The minimum absolute atomic E-state index is 0.154. The number of rotatable bonds is 4. The number of hydrogen-bond acceptors (Lipinski definition) is 3. The number of benzene rings is 1. The fraction of sp³-hybridized carbons (Fsp3) is 0.588. The Bertz CT molecular complexity index is 519. The molecule has 0 aromatic heterocycles. The lowest BCUT2D eigenvalue weighted by Crippen LogP contribution is -2.55. The first kappa shape index (κ1) is 15.0. The number of halogens is 1. The van der Waals surface area contributed by atoms with E-state index in [1.54, 1.807) is 6.07 Å². The summed E-state index contributed by atoms with van der Waals surface area (Å²) in [6.07, 6.45) is 3.19. The molecule has 2 unspecified atom stereocenters. The van der Waals surface area contributed by atoms with Gasteiger partial charge in [0.05, 0.1) is 5.02 Å². The van der Waals surface area contributed by atoms with Crippen molar-refractivity contribution in [2.75, 3.05) is 26.2 Å². The van der Waals surface area contributed by atoms with Crippen molar-refractivity contribution in [3.05, 3.63) is 34.9 Å². The summed E-state index contributed by atoms with van der Waals surface area (Å²) < 4.78 is 0. The first-order valence-electron chi connectivity index (χ1n) is 7.91. The van der Waals surface area contributed by atoms with E-state index in [0.717, 1.165) is 19.6 Å². The maximum absolute atomic E-state index is 12.3. The van der Waals surface area contributed by atoms with Gasteiger partial charge >= 0.3 is 0 Å². The van der Waals surface area contributed by atoms with Gasteiger partial charge in [0.25, 0.3) is 0 Å². The summed E-state index contributed by atoms with van der Waals surface area (Å²) in [6.45, 7) is 6.62. The number of Topliss-reactive ketones (excluding diaryl/α,β-unsaturated/α-hetero) is 1. The lowest BCUT2D eigenvalue weighted by molar-refractivity contribution is 0.0567. The van der Waals surface area contributed by atoms with Crippen LogP contribution in [0.4, 0.5) is 0 Å². The van der Waals surface area contributed by atoms with E-state index in [-0.39, 0.29) is 5.78 Å². The van der Waals surface area contributed by atoms with Crippen LogP contribution in [0.1, 0.15) is 36.5 Å². The van der Waals surface area contributed by atoms with Gasteiger partial charge in [-0.15, -0.1) is 0 Å². The predicted octanol–water partition coefficient (Wildman–Crippen LogP) is 3.08. The predicted molar refractivity (Wildman–Crippen MR) is 86.0 cm³/mol. The van der Waals surface area contributed by atoms with E-state index in [4.69, 9.17) is 11.6 Å². The Morgan fingerprint density at radius 2 is 2.14 bits per heavy atom. The topological polar surface area (TPSA) is 23.6 Å². The summed E-state index contributed by atoms with van der Waals surface area (Å²) in [6, 6.07) is 8.59. The molecule has 0 saturated carbocycles. The number of carbonyl (C=O) groups excluding carboxylic acids is 1. The average Bonchev–Trinajstić information content (AvgIpc) is 2.92. The Balaban J connectivity index is 1.57. The Morgan fingerprint density at radius 3 is 2.95 bits per heavy atom. The zero-order chi connectivity index (χ0) is 14.8. The largest absolute Gasteiger partial charge is 0.298 e. The van der Waals surface area contributed by atoms with Gasteiger partial charge in [-0.25, -0.2) is 0 Å². The second-order valence-corrected chi connectivity index (χ2v) is 6.70. The highest BCUT2D eigenvalue weighted by Crippen LogP contribution is 2.25. The first-order chi connectivity index (χ1) is 10.1. The SMILES string of the molecule is CC1CN2CCCC2CN1CCC(=O)c1ccccc1Cl. The molecule has 3 rings (SSSR count). The Kier molecular flexibility index (Phi) is 4.63. The second kappa shape index (κ2) is 6.47. The van der Waals surface area contributed by atoms with Gasteiger partial charge in [0.2, 0.25) is 0 Å². The second-order valence-electron chi connectivity index (χ2n) is 6.29. The minimum atomic E-state index is 0.154. The fourth-order valence-electron chi connectivity index (χ4n) is 3.63. The van der Waals surface area contributed by atoms with E-state index >= 15 is 0 Å². The molecule has 2 atom stereocenters. The van der Waals surface area contributed by atoms with Crippen molar-refractivity contribution in [1.29, 1.82) is 0 Å². The molecular weight excluding hydrogens is 284 g/mol.